The topological polar surface area (TPSA) is 37.8 Å². The molecule has 6 heteroatoms. The van der Waals surface area contributed by atoms with E-state index in [1.54, 1.807) is 11.3 Å². The number of benzene rings is 2. The minimum atomic E-state index is -0.655. The minimum absolute atomic E-state index is 0.186. The number of thiophene rings is 1. The van der Waals surface area contributed by atoms with Crippen LogP contribution in [0, 0.1) is 11.6 Å². The number of hydrogen-bond acceptors (Lipinski definition) is 4. The van der Waals surface area contributed by atoms with Gasteiger partial charge in [0.1, 0.15) is 28.1 Å². The highest BCUT2D eigenvalue weighted by Gasteiger charge is 2.14. The Morgan fingerprint density at radius 1 is 1.00 bits per heavy atom. The van der Waals surface area contributed by atoms with Crippen molar-refractivity contribution < 1.29 is 8.78 Å². The molecule has 4 aromatic rings. The van der Waals surface area contributed by atoms with Crippen LogP contribution in [-0.2, 0) is 12.8 Å². The van der Waals surface area contributed by atoms with Crippen LogP contribution >= 0.6 is 11.3 Å². The average molecular weight is 381 g/mol. The van der Waals surface area contributed by atoms with Gasteiger partial charge in [0.25, 0.3) is 0 Å². The lowest BCUT2D eigenvalue weighted by Crippen LogP contribution is -2.03. The molecule has 0 saturated carbocycles. The first-order chi connectivity index (χ1) is 13.1. The largest absolute Gasteiger partial charge is 0.337 e. The molecule has 0 fully saturated rings. The first kappa shape index (κ1) is 17.5. The van der Waals surface area contributed by atoms with E-state index in [1.165, 1.54) is 17.0 Å². The van der Waals surface area contributed by atoms with Crippen LogP contribution in [0.5, 0.6) is 0 Å². The second kappa shape index (κ2) is 7.40. The lowest BCUT2D eigenvalue weighted by Gasteiger charge is -2.10. The van der Waals surface area contributed by atoms with Crippen molar-refractivity contribution in [1.29, 1.82) is 0 Å². The molecule has 3 nitrogen and oxygen atoms in total. The van der Waals surface area contributed by atoms with Gasteiger partial charge in [0.15, 0.2) is 0 Å². The average Bonchev–Trinajstić information content (AvgIpc) is 3.08. The van der Waals surface area contributed by atoms with Gasteiger partial charge in [0.2, 0.25) is 0 Å². The zero-order chi connectivity index (χ0) is 18.8. The molecule has 2 aromatic heterocycles. The zero-order valence-corrected chi connectivity index (χ0v) is 15.5. The number of aryl methyl sites for hydroxylation is 1. The van der Waals surface area contributed by atoms with Crippen molar-refractivity contribution in [2.24, 2.45) is 0 Å². The van der Waals surface area contributed by atoms with Crippen LogP contribution in [0.1, 0.15) is 23.2 Å². The fourth-order valence-electron chi connectivity index (χ4n) is 2.86. The van der Waals surface area contributed by atoms with Gasteiger partial charge in [-0.1, -0.05) is 37.3 Å². The Bertz CT molecular complexity index is 1090. The molecular weight excluding hydrogens is 364 g/mol. The fourth-order valence-corrected chi connectivity index (χ4v) is 3.85. The fraction of sp³-hybridized carbons (Fsp3) is 0.143. The molecule has 0 aliphatic rings. The van der Waals surface area contributed by atoms with Crippen molar-refractivity contribution >= 4 is 33.1 Å². The van der Waals surface area contributed by atoms with Crippen LogP contribution < -0.4 is 5.32 Å². The maximum atomic E-state index is 14.1. The van der Waals surface area contributed by atoms with Crippen molar-refractivity contribution in [1.82, 2.24) is 9.97 Å². The van der Waals surface area contributed by atoms with Crippen LogP contribution in [0.4, 0.5) is 20.3 Å². The molecular formula is C21H17F2N3S. The number of nitrogens with one attached hydrogen (secondary N) is 1. The molecule has 0 aliphatic carbocycles. The summed E-state index contributed by atoms with van der Waals surface area (Å²) in [6, 6.07) is 15.4. The lowest BCUT2D eigenvalue weighted by molar-refractivity contribution is 0.586. The molecule has 0 aliphatic heterocycles. The van der Waals surface area contributed by atoms with Gasteiger partial charge in [0, 0.05) is 17.4 Å². The molecule has 0 spiro atoms. The van der Waals surface area contributed by atoms with Gasteiger partial charge in [-0.3, -0.25) is 0 Å². The van der Waals surface area contributed by atoms with Crippen LogP contribution in [0.25, 0.3) is 10.2 Å². The van der Waals surface area contributed by atoms with Gasteiger partial charge >= 0.3 is 0 Å². The Morgan fingerprint density at radius 2 is 1.81 bits per heavy atom. The van der Waals surface area contributed by atoms with Gasteiger partial charge in [-0.05, 0) is 30.2 Å². The third-order valence-corrected chi connectivity index (χ3v) is 5.40. The van der Waals surface area contributed by atoms with E-state index in [0.717, 1.165) is 28.3 Å². The Morgan fingerprint density at radius 3 is 2.56 bits per heavy atom. The summed E-state index contributed by atoms with van der Waals surface area (Å²) in [5.74, 6) is -0.0765. The number of hydrogen-bond donors (Lipinski definition) is 1. The summed E-state index contributed by atoms with van der Waals surface area (Å²) in [4.78, 5) is 11.4. The molecule has 1 N–H and O–H groups in total. The quantitative estimate of drug-likeness (QED) is 0.470. The highest BCUT2D eigenvalue weighted by atomic mass is 32.1. The van der Waals surface area contributed by atoms with Crippen molar-refractivity contribution in [3.63, 3.8) is 0 Å². The van der Waals surface area contributed by atoms with E-state index in [1.807, 2.05) is 36.4 Å². The Hall–Kier alpha value is -2.86. The summed E-state index contributed by atoms with van der Waals surface area (Å²) in [7, 11) is 0. The Balaban J connectivity index is 1.77. The number of anilines is 2. The molecule has 0 unspecified atom stereocenters. The SMILES string of the molecule is CCc1cc2c(Nc3ccc(F)cc3F)nc(Cc3ccccc3)nc2s1. The van der Waals surface area contributed by atoms with E-state index in [-0.39, 0.29) is 5.69 Å². The standard InChI is InChI=1S/C21H17F2N3S/c1-2-15-12-16-20(24-18-9-8-14(22)11-17(18)23)25-19(26-21(16)27-15)10-13-6-4-3-5-7-13/h3-9,11-12H,2,10H2,1H3,(H,24,25,26). The van der Waals surface area contributed by atoms with Crippen molar-refractivity contribution in [2.45, 2.75) is 19.8 Å². The van der Waals surface area contributed by atoms with Gasteiger partial charge in [-0.25, -0.2) is 18.7 Å². The molecule has 136 valence electrons. The Kier molecular flexibility index (Phi) is 4.81. The summed E-state index contributed by atoms with van der Waals surface area (Å²) >= 11 is 1.61. The van der Waals surface area contributed by atoms with Gasteiger partial charge in [0.05, 0.1) is 11.1 Å². The smallest absolute Gasteiger partial charge is 0.149 e. The highest BCUT2D eigenvalue weighted by molar-refractivity contribution is 7.18. The number of fused-ring (bicyclic) bond motifs is 1. The van der Waals surface area contributed by atoms with Gasteiger partial charge < -0.3 is 5.32 Å². The molecule has 2 heterocycles. The van der Waals surface area contributed by atoms with E-state index >= 15 is 0 Å². The molecule has 0 amide bonds. The van der Waals surface area contributed by atoms with E-state index in [0.29, 0.717) is 18.1 Å². The molecule has 0 atom stereocenters. The van der Waals surface area contributed by atoms with Crippen LogP contribution in [-0.4, -0.2) is 9.97 Å². The van der Waals surface area contributed by atoms with Crippen LogP contribution in [0.3, 0.4) is 0 Å². The summed E-state index contributed by atoms with van der Waals surface area (Å²) < 4.78 is 27.3. The molecule has 4 rings (SSSR count). The van der Waals surface area contributed by atoms with E-state index < -0.39 is 11.6 Å². The van der Waals surface area contributed by atoms with E-state index in [4.69, 9.17) is 4.98 Å². The molecule has 0 radical (unpaired) electrons. The van der Waals surface area contributed by atoms with Gasteiger partial charge in [-0.2, -0.15) is 0 Å². The van der Waals surface area contributed by atoms with Crippen molar-refractivity contribution in [3.8, 4) is 0 Å². The van der Waals surface area contributed by atoms with Crippen molar-refractivity contribution in [2.75, 3.05) is 5.32 Å². The predicted molar refractivity (Wildman–Crippen MR) is 106 cm³/mol. The molecule has 0 saturated heterocycles. The first-order valence-electron chi connectivity index (χ1n) is 8.67. The highest BCUT2D eigenvalue weighted by Crippen LogP contribution is 2.32. The summed E-state index contributed by atoms with van der Waals surface area (Å²) in [5, 5.41) is 3.86. The maximum Gasteiger partial charge on any atom is 0.149 e. The number of nitrogens with zero attached hydrogens (tertiary/aromatic N) is 2. The normalized spacial score (nSPS) is 11.1. The van der Waals surface area contributed by atoms with Crippen LogP contribution in [0.15, 0.2) is 54.6 Å². The summed E-state index contributed by atoms with van der Waals surface area (Å²) in [6.45, 7) is 2.08. The van der Waals surface area contributed by atoms with E-state index in [9.17, 15) is 8.78 Å². The molecule has 27 heavy (non-hydrogen) atoms. The minimum Gasteiger partial charge on any atom is -0.337 e. The second-order valence-corrected chi connectivity index (χ2v) is 7.30. The zero-order valence-electron chi connectivity index (χ0n) is 14.7. The third-order valence-electron chi connectivity index (χ3n) is 4.23. The predicted octanol–water partition coefficient (Wildman–Crippen LogP) is 5.87. The first-order valence-corrected chi connectivity index (χ1v) is 9.49. The second-order valence-electron chi connectivity index (χ2n) is 6.19. The lowest BCUT2D eigenvalue weighted by atomic mass is 10.1. The third kappa shape index (κ3) is 3.80. The number of rotatable bonds is 5. The van der Waals surface area contributed by atoms with Crippen molar-refractivity contribution in [3.05, 3.63) is 82.5 Å². The Labute approximate surface area is 159 Å². The molecule has 0 bridgehead atoms. The monoisotopic (exact) mass is 381 g/mol. The number of aromatic nitrogens is 2. The summed E-state index contributed by atoms with van der Waals surface area (Å²) in [6.07, 6.45) is 1.47. The van der Waals surface area contributed by atoms with Crippen LogP contribution in [0.2, 0.25) is 0 Å². The maximum absolute atomic E-state index is 14.1. The van der Waals surface area contributed by atoms with Gasteiger partial charge in [-0.15, -0.1) is 11.3 Å². The number of halogens is 2. The summed E-state index contributed by atoms with van der Waals surface area (Å²) in [5.41, 5.74) is 1.29. The molecule has 2 aromatic carbocycles. The van der Waals surface area contributed by atoms with E-state index in [2.05, 4.69) is 17.2 Å².